The number of rotatable bonds is 6. The van der Waals surface area contributed by atoms with E-state index in [1.54, 1.807) is 0 Å². The van der Waals surface area contributed by atoms with Crippen LogP contribution in [0.1, 0.15) is 45.4 Å². The SMILES string of the molecule is CCNCc1cnc(OC(C)(C)CC)nc1C. The van der Waals surface area contributed by atoms with Crippen molar-refractivity contribution in [1.82, 2.24) is 15.3 Å². The lowest BCUT2D eigenvalue weighted by molar-refractivity contribution is 0.0921. The molecule has 96 valence electrons. The number of aryl methyl sites for hydroxylation is 1. The number of hydrogen-bond acceptors (Lipinski definition) is 4. The van der Waals surface area contributed by atoms with Crippen molar-refractivity contribution in [2.24, 2.45) is 0 Å². The van der Waals surface area contributed by atoms with Crippen molar-refractivity contribution in [2.45, 2.75) is 53.2 Å². The van der Waals surface area contributed by atoms with Crippen LogP contribution in [-0.4, -0.2) is 22.1 Å². The summed E-state index contributed by atoms with van der Waals surface area (Å²) < 4.78 is 5.75. The van der Waals surface area contributed by atoms with Crippen molar-refractivity contribution in [3.8, 4) is 6.01 Å². The number of nitrogens with one attached hydrogen (secondary N) is 1. The molecule has 0 aliphatic heterocycles. The van der Waals surface area contributed by atoms with Crippen molar-refractivity contribution in [3.05, 3.63) is 17.5 Å². The number of ether oxygens (including phenoxy) is 1. The fraction of sp³-hybridized carbons (Fsp3) is 0.692. The fourth-order valence-electron chi connectivity index (χ4n) is 1.27. The molecule has 0 amide bonds. The zero-order valence-corrected chi connectivity index (χ0v) is 11.5. The van der Waals surface area contributed by atoms with Crippen molar-refractivity contribution in [1.29, 1.82) is 0 Å². The first-order valence-electron chi connectivity index (χ1n) is 6.20. The van der Waals surface area contributed by atoms with Gasteiger partial charge in [0.15, 0.2) is 0 Å². The van der Waals surface area contributed by atoms with Crippen LogP contribution in [0.5, 0.6) is 6.01 Å². The van der Waals surface area contributed by atoms with E-state index in [1.807, 2.05) is 27.0 Å². The highest BCUT2D eigenvalue weighted by molar-refractivity contribution is 5.17. The maximum atomic E-state index is 5.75. The Kier molecular flexibility index (Phi) is 4.87. The van der Waals surface area contributed by atoms with Crippen LogP contribution in [-0.2, 0) is 6.54 Å². The summed E-state index contributed by atoms with van der Waals surface area (Å²) >= 11 is 0. The molecule has 1 aromatic rings. The minimum absolute atomic E-state index is 0.213. The summed E-state index contributed by atoms with van der Waals surface area (Å²) in [6.45, 7) is 12.0. The Morgan fingerprint density at radius 2 is 2.06 bits per heavy atom. The normalized spacial score (nSPS) is 11.6. The number of aromatic nitrogens is 2. The third kappa shape index (κ3) is 4.30. The molecule has 0 fully saturated rings. The van der Waals surface area contributed by atoms with Crippen LogP contribution in [0, 0.1) is 6.92 Å². The van der Waals surface area contributed by atoms with Crippen molar-refractivity contribution in [3.63, 3.8) is 0 Å². The molecular formula is C13H23N3O. The monoisotopic (exact) mass is 237 g/mol. The molecule has 4 heteroatoms. The molecule has 4 nitrogen and oxygen atoms in total. The molecule has 0 aliphatic rings. The lowest BCUT2D eigenvalue weighted by Crippen LogP contribution is -2.28. The quantitative estimate of drug-likeness (QED) is 0.825. The van der Waals surface area contributed by atoms with Crippen LogP contribution < -0.4 is 10.1 Å². The summed E-state index contributed by atoms with van der Waals surface area (Å²) in [7, 11) is 0. The van der Waals surface area contributed by atoms with Crippen LogP contribution in [0.2, 0.25) is 0 Å². The van der Waals surface area contributed by atoms with E-state index >= 15 is 0 Å². The van der Waals surface area contributed by atoms with Gasteiger partial charge in [0, 0.05) is 24.0 Å². The maximum absolute atomic E-state index is 5.75. The van der Waals surface area contributed by atoms with Gasteiger partial charge in [-0.3, -0.25) is 0 Å². The molecule has 0 atom stereocenters. The first-order chi connectivity index (χ1) is 7.98. The van der Waals surface area contributed by atoms with Crippen LogP contribution >= 0.6 is 0 Å². The van der Waals surface area contributed by atoms with Crippen LogP contribution in [0.3, 0.4) is 0 Å². The minimum Gasteiger partial charge on any atom is -0.457 e. The van der Waals surface area contributed by atoms with Gasteiger partial charge >= 0.3 is 6.01 Å². The van der Waals surface area contributed by atoms with Gasteiger partial charge in [0.1, 0.15) is 5.60 Å². The van der Waals surface area contributed by atoms with E-state index < -0.39 is 0 Å². The van der Waals surface area contributed by atoms with Crippen LogP contribution in [0.25, 0.3) is 0 Å². The Hall–Kier alpha value is -1.16. The minimum atomic E-state index is -0.213. The molecule has 0 saturated heterocycles. The molecule has 0 aliphatic carbocycles. The maximum Gasteiger partial charge on any atom is 0.317 e. The van der Waals surface area contributed by atoms with Gasteiger partial charge in [-0.25, -0.2) is 9.97 Å². The van der Waals surface area contributed by atoms with E-state index in [1.165, 1.54) is 0 Å². The number of hydrogen-bond donors (Lipinski definition) is 1. The fourth-order valence-corrected chi connectivity index (χ4v) is 1.27. The second-order valence-corrected chi connectivity index (χ2v) is 4.76. The average molecular weight is 237 g/mol. The molecule has 17 heavy (non-hydrogen) atoms. The third-order valence-electron chi connectivity index (χ3n) is 2.84. The topological polar surface area (TPSA) is 47.0 Å². The second-order valence-electron chi connectivity index (χ2n) is 4.76. The summed E-state index contributed by atoms with van der Waals surface area (Å²) in [5.41, 5.74) is 1.88. The molecule has 1 aromatic heterocycles. The molecule has 0 aromatic carbocycles. The Balaban J connectivity index is 2.75. The van der Waals surface area contributed by atoms with Gasteiger partial charge in [0.25, 0.3) is 0 Å². The summed E-state index contributed by atoms with van der Waals surface area (Å²) in [5.74, 6) is 0. The zero-order chi connectivity index (χ0) is 12.9. The third-order valence-corrected chi connectivity index (χ3v) is 2.84. The van der Waals surface area contributed by atoms with Gasteiger partial charge in [0.05, 0.1) is 0 Å². The highest BCUT2D eigenvalue weighted by atomic mass is 16.5. The molecule has 1 rings (SSSR count). The van der Waals surface area contributed by atoms with E-state index in [0.29, 0.717) is 6.01 Å². The van der Waals surface area contributed by atoms with Gasteiger partial charge in [-0.15, -0.1) is 0 Å². The van der Waals surface area contributed by atoms with Gasteiger partial charge < -0.3 is 10.1 Å². The molecule has 0 radical (unpaired) electrons. The first-order valence-corrected chi connectivity index (χ1v) is 6.20. The van der Waals surface area contributed by atoms with Crippen LogP contribution in [0.15, 0.2) is 6.20 Å². The van der Waals surface area contributed by atoms with E-state index in [0.717, 1.165) is 30.8 Å². The van der Waals surface area contributed by atoms with E-state index in [9.17, 15) is 0 Å². The average Bonchev–Trinajstić information content (AvgIpc) is 2.27. The van der Waals surface area contributed by atoms with E-state index in [2.05, 4.69) is 29.1 Å². The van der Waals surface area contributed by atoms with Gasteiger partial charge in [0.2, 0.25) is 0 Å². The Labute approximate surface area is 104 Å². The standard InChI is InChI=1S/C13H23N3O/c1-6-13(4,5)17-12-15-9-11(8-14-7-2)10(3)16-12/h9,14H,6-8H2,1-5H3. The molecule has 0 bridgehead atoms. The molecule has 0 unspecified atom stereocenters. The molecule has 1 heterocycles. The highest BCUT2D eigenvalue weighted by Gasteiger charge is 2.18. The Morgan fingerprint density at radius 1 is 1.35 bits per heavy atom. The van der Waals surface area contributed by atoms with Crippen molar-refractivity contribution < 1.29 is 4.74 Å². The summed E-state index contributed by atoms with van der Waals surface area (Å²) in [4.78, 5) is 8.64. The van der Waals surface area contributed by atoms with Gasteiger partial charge in [-0.05, 0) is 33.7 Å². The van der Waals surface area contributed by atoms with E-state index in [-0.39, 0.29) is 5.60 Å². The predicted octanol–water partition coefficient (Wildman–Crippen LogP) is 2.46. The largest absolute Gasteiger partial charge is 0.457 e. The molecule has 0 saturated carbocycles. The first kappa shape index (κ1) is 13.9. The van der Waals surface area contributed by atoms with Gasteiger partial charge in [-0.1, -0.05) is 13.8 Å². The number of nitrogens with zero attached hydrogens (tertiary/aromatic N) is 2. The lowest BCUT2D eigenvalue weighted by atomic mass is 10.1. The molecule has 0 spiro atoms. The van der Waals surface area contributed by atoms with Crippen molar-refractivity contribution >= 4 is 0 Å². The van der Waals surface area contributed by atoms with Crippen LogP contribution in [0.4, 0.5) is 0 Å². The van der Waals surface area contributed by atoms with E-state index in [4.69, 9.17) is 4.74 Å². The predicted molar refractivity (Wildman–Crippen MR) is 69.1 cm³/mol. The van der Waals surface area contributed by atoms with Gasteiger partial charge in [-0.2, -0.15) is 0 Å². The zero-order valence-electron chi connectivity index (χ0n) is 11.5. The summed E-state index contributed by atoms with van der Waals surface area (Å²) in [6, 6.07) is 0.467. The Morgan fingerprint density at radius 3 is 2.59 bits per heavy atom. The second kappa shape index (κ2) is 5.96. The molecule has 1 N–H and O–H groups in total. The van der Waals surface area contributed by atoms with Crippen molar-refractivity contribution in [2.75, 3.05) is 6.54 Å². The summed E-state index contributed by atoms with van der Waals surface area (Å²) in [5, 5.41) is 3.26. The summed E-state index contributed by atoms with van der Waals surface area (Å²) in [6.07, 6.45) is 2.76. The lowest BCUT2D eigenvalue weighted by Gasteiger charge is -2.23. The smallest absolute Gasteiger partial charge is 0.317 e. The molecular weight excluding hydrogens is 214 g/mol. The Bertz CT molecular complexity index is 364. The highest BCUT2D eigenvalue weighted by Crippen LogP contribution is 2.17.